The Labute approximate surface area is 153 Å². The molecule has 1 N–H and O–H groups in total. The molecule has 6 nitrogen and oxygen atoms in total. The molecule has 26 heavy (non-hydrogen) atoms. The van der Waals surface area contributed by atoms with E-state index in [1.165, 1.54) is 0 Å². The quantitative estimate of drug-likeness (QED) is 0.917. The maximum atomic E-state index is 13.0. The molecule has 1 aromatic carbocycles. The van der Waals surface area contributed by atoms with E-state index in [-0.39, 0.29) is 17.9 Å². The highest BCUT2D eigenvalue weighted by Crippen LogP contribution is 2.36. The highest BCUT2D eigenvalue weighted by atomic mass is 16.5. The van der Waals surface area contributed by atoms with Gasteiger partial charge >= 0.3 is 0 Å². The number of carbonyl (C=O) groups is 2. The summed E-state index contributed by atoms with van der Waals surface area (Å²) in [6.45, 7) is 3.96. The van der Waals surface area contributed by atoms with Crippen LogP contribution in [0.2, 0.25) is 0 Å². The number of benzene rings is 1. The number of fused-ring (bicyclic) bond motifs is 1. The lowest BCUT2D eigenvalue weighted by molar-refractivity contribution is -0.117. The summed E-state index contributed by atoms with van der Waals surface area (Å²) >= 11 is 0. The first kappa shape index (κ1) is 17.1. The molecular formula is C20H25N3O3. The second kappa shape index (κ2) is 6.76. The van der Waals surface area contributed by atoms with Crippen molar-refractivity contribution in [2.45, 2.75) is 38.7 Å². The number of aryl methyl sites for hydroxylation is 2. The van der Waals surface area contributed by atoms with Crippen LogP contribution in [-0.4, -0.2) is 42.2 Å². The van der Waals surface area contributed by atoms with Gasteiger partial charge in [0.05, 0.1) is 17.3 Å². The molecule has 0 bridgehead atoms. The molecule has 2 fully saturated rings. The first-order chi connectivity index (χ1) is 12.6. The monoisotopic (exact) mass is 355 g/mol. The molecule has 2 aromatic rings. The van der Waals surface area contributed by atoms with Gasteiger partial charge in [-0.1, -0.05) is 11.6 Å². The molecule has 1 unspecified atom stereocenters. The highest BCUT2D eigenvalue weighted by molar-refractivity contribution is 6.14. The summed E-state index contributed by atoms with van der Waals surface area (Å²) in [4.78, 5) is 27.2. The molecule has 138 valence electrons. The van der Waals surface area contributed by atoms with Gasteiger partial charge in [-0.15, -0.1) is 0 Å². The lowest BCUT2D eigenvalue weighted by Crippen LogP contribution is -2.34. The van der Waals surface area contributed by atoms with Crippen LogP contribution in [0.4, 0.5) is 5.69 Å². The molecule has 1 aromatic heterocycles. The Bertz CT molecular complexity index is 865. The maximum absolute atomic E-state index is 13.0. The minimum atomic E-state index is -0.147. The molecule has 0 aliphatic carbocycles. The summed E-state index contributed by atoms with van der Waals surface area (Å²) in [5.74, 6) is -0.0567. The standard InChI is InChI=1S/C20H25N3O3/c1-13-7-8-16-15(11-13)18(23-9-3-6-17(23)24)19(22(16)2)20(25)21-12-14-5-4-10-26-14/h7-8,11,14H,3-6,9-10,12H2,1-2H3,(H,21,25). The van der Waals surface area contributed by atoms with Crippen molar-refractivity contribution >= 4 is 28.4 Å². The van der Waals surface area contributed by atoms with Gasteiger partial charge in [-0.3, -0.25) is 9.59 Å². The topological polar surface area (TPSA) is 63.6 Å². The largest absolute Gasteiger partial charge is 0.376 e. The molecule has 6 heteroatoms. The molecule has 2 amide bonds. The van der Waals surface area contributed by atoms with Crippen LogP contribution in [0.5, 0.6) is 0 Å². The highest BCUT2D eigenvalue weighted by Gasteiger charge is 2.31. The molecule has 2 aliphatic heterocycles. The van der Waals surface area contributed by atoms with Crippen molar-refractivity contribution in [3.05, 3.63) is 29.5 Å². The second-order valence-electron chi connectivity index (χ2n) is 7.27. The predicted molar refractivity (Wildman–Crippen MR) is 101 cm³/mol. The van der Waals surface area contributed by atoms with Crippen molar-refractivity contribution < 1.29 is 14.3 Å². The average Bonchev–Trinajstić information content (AvgIpc) is 3.33. The van der Waals surface area contributed by atoms with E-state index in [1.807, 2.05) is 30.7 Å². The zero-order chi connectivity index (χ0) is 18.3. The van der Waals surface area contributed by atoms with E-state index in [0.29, 0.717) is 25.2 Å². The van der Waals surface area contributed by atoms with E-state index < -0.39 is 0 Å². The van der Waals surface area contributed by atoms with Crippen molar-refractivity contribution in [1.29, 1.82) is 0 Å². The summed E-state index contributed by atoms with van der Waals surface area (Å²) in [5.41, 5.74) is 3.38. The van der Waals surface area contributed by atoms with Crippen molar-refractivity contribution in [1.82, 2.24) is 9.88 Å². The Hall–Kier alpha value is -2.34. The van der Waals surface area contributed by atoms with Crippen molar-refractivity contribution in [3.63, 3.8) is 0 Å². The van der Waals surface area contributed by atoms with Gasteiger partial charge in [-0.25, -0.2) is 0 Å². The Kier molecular flexibility index (Phi) is 4.44. The number of amides is 2. The van der Waals surface area contributed by atoms with E-state index in [1.54, 1.807) is 4.90 Å². The third kappa shape index (κ3) is 2.88. The van der Waals surface area contributed by atoms with Gasteiger partial charge in [0.1, 0.15) is 5.69 Å². The van der Waals surface area contributed by atoms with Gasteiger partial charge in [-0.2, -0.15) is 0 Å². The fraction of sp³-hybridized carbons (Fsp3) is 0.500. The van der Waals surface area contributed by atoms with E-state index in [4.69, 9.17) is 4.74 Å². The second-order valence-corrected chi connectivity index (χ2v) is 7.27. The Morgan fingerprint density at radius 1 is 1.35 bits per heavy atom. The minimum Gasteiger partial charge on any atom is -0.376 e. The van der Waals surface area contributed by atoms with Gasteiger partial charge in [-0.05, 0) is 38.3 Å². The number of nitrogens with one attached hydrogen (secondary N) is 1. The third-order valence-electron chi connectivity index (χ3n) is 5.40. The van der Waals surface area contributed by atoms with E-state index >= 15 is 0 Å². The zero-order valence-electron chi connectivity index (χ0n) is 15.4. The van der Waals surface area contributed by atoms with Gasteiger partial charge in [0.15, 0.2) is 0 Å². The normalized spacial score (nSPS) is 20.3. The number of rotatable bonds is 4. The molecule has 2 aliphatic rings. The molecule has 0 saturated carbocycles. The number of aromatic nitrogens is 1. The zero-order valence-corrected chi connectivity index (χ0v) is 15.4. The first-order valence-corrected chi connectivity index (χ1v) is 9.35. The number of anilines is 1. The van der Waals surface area contributed by atoms with E-state index in [9.17, 15) is 9.59 Å². The fourth-order valence-corrected chi connectivity index (χ4v) is 4.05. The Balaban J connectivity index is 1.75. The van der Waals surface area contributed by atoms with Crippen molar-refractivity contribution in [2.24, 2.45) is 7.05 Å². The molecule has 0 spiro atoms. The molecule has 2 saturated heterocycles. The number of hydrogen-bond acceptors (Lipinski definition) is 3. The maximum Gasteiger partial charge on any atom is 0.270 e. The summed E-state index contributed by atoms with van der Waals surface area (Å²) in [6.07, 6.45) is 3.48. The summed E-state index contributed by atoms with van der Waals surface area (Å²) in [6, 6.07) is 6.12. The van der Waals surface area contributed by atoms with Crippen LogP contribution in [-0.2, 0) is 16.6 Å². The van der Waals surface area contributed by atoms with E-state index in [2.05, 4.69) is 11.4 Å². The van der Waals surface area contributed by atoms with Gasteiger partial charge in [0, 0.05) is 38.6 Å². The molecular weight excluding hydrogens is 330 g/mol. The molecule has 1 atom stereocenters. The smallest absolute Gasteiger partial charge is 0.270 e. The minimum absolute atomic E-state index is 0.0900. The fourth-order valence-electron chi connectivity index (χ4n) is 4.05. The molecule has 0 radical (unpaired) electrons. The number of hydrogen-bond donors (Lipinski definition) is 1. The SMILES string of the molecule is Cc1ccc2c(c1)c(N1CCCC1=O)c(C(=O)NCC1CCCO1)n2C. The van der Waals surface area contributed by atoms with Gasteiger partial charge in [0.25, 0.3) is 5.91 Å². The summed E-state index contributed by atoms with van der Waals surface area (Å²) < 4.78 is 7.51. The predicted octanol–water partition coefficient (Wildman–Crippen LogP) is 2.52. The average molecular weight is 355 g/mol. The van der Waals surface area contributed by atoms with Gasteiger partial charge in [0.2, 0.25) is 5.91 Å². The van der Waals surface area contributed by atoms with Crippen LogP contribution >= 0.6 is 0 Å². The van der Waals surface area contributed by atoms with Crippen LogP contribution in [0.25, 0.3) is 10.9 Å². The van der Waals surface area contributed by atoms with Crippen LogP contribution in [0, 0.1) is 6.92 Å². The van der Waals surface area contributed by atoms with Crippen LogP contribution in [0.15, 0.2) is 18.2 Å². The molecule has 3 heterocycles. The molecule has 4 rings (SSSR count). The lowest BCUT2D eigenvalue weighted by Gasteiger charge is -2.18. The van der Waals surface area contributed by atoms with Gasteiger partial charge < -0.3 is 19.5 Å². The van der Waals surface area contributed by atoms with Crippen molar-refractivity contribution in [3.8, 4) is 0 Å². The lowest BCUT2D eigenvalue weighted by atomic mass is 10.1. The van der Waals surface area contributed by atoms with Crippen LogP contribution < -0.4 is 10.2 Å². The number of ether oxygens (including phenoxy) is 1. The summed E-state index contributed by atoms with van der Waals surface area (Å²) in [5, 5.41) is 3.98. The Morgan fingerprint density at radius 2 is 2.19 bits per heavy atom. The van der Waals surface area contributed by atoms with Crippen molar-refractivity contribution in [2.75, 3.05) is 24.6 Å². The Morgan fingerprint density at radius 3 is 2.88 bits per heavy atom. The van der Waals surface area contributed by atoms with E-state index in [0.717, 1.165) is 48.0 Å². The van der Waals surface area contributed by atoms with Crippen LogP contribution in [0.3, 0.4) is 0 Å². The third-order valence-corrected chi connectivity index (χ3v) is 5.40. The van der Waals surface area contributed by atoms with Crippen LogP contribution in [0.1, 0.15) is 41.7 Å². The summed E-state index contributed by atoms with van der Waals surface area (Å²) in [7, 11) is 1.89. The number of nitrogens with zero attached hydrogens (tertiary/aromatic N) is 2. The first-order valence-electron chi connectivity index (χ1n) is 9.35. The number of carbonyl (C=O) groups excluding carboxylic acids is 2.